The van der Waals surface area contributed by atoms with Crippen LogP contribution in [-0.2, 0) is 6.42 Å². The van der Waals surface area contributed by atoms with Crippen molar-refractivity contribution < 1.29 is 5.11 Å². The normalized spacial score (nSPS) is 12.9. The molecule has 0 aliphatic rings. The number of imidazole rings is 1. The van der Waals surface area contributed by atoms with E-state index in [-0.39, 0.29) is 0 Å². The maximum atomic E-state index is 10.2. The fraction of sp³-hybridized carbons (Fsp3) is 0.214. The van der Waals surface area contributed by atoms with Gasteiger partial charge in [-0.15, -0.1) is 23.1 Å². The second kappa shape index (κ2) is 5.36. The van der Waals surface area contributed by atoms with E-state index in [0.717, 1.165) is 16.2 Å². The van der Waals surface area contributed by atoms with Crippen LogP contribution in [-0.4, -0.2) is 20.7 Å². The van der Waals surface area contributed by atoms with Crippen LogP contribution in [0.5, 0.6) is 0 Å². The zero-order valence-electron chi connectivity index (χ0n) is 10.5. The van der Waals surface area contributed by atoms with Gasteiger partial charge in [0.2, 0.25) is 0 Å². The quantitative estimate of drug-likeness (QED) is 0.748. The third-order valence-electron chi connectivity index (χ3n) is 3.05. The molecular weight excluding hydrogens is 276 g/mol. The monoisotopic (exact) mass is 290 g/mol. The summed E-state index contributed by atoms with van der Waals surface area (Å²) >= 11 is 3.30. The van der Waals surface area contributed by atoms with Crippen LogP contribution >= 0.6 is 23.1 Å². The van der Waals surface area contributed by atoms with Crippen molar-refractivity contribution in [3.63, 3.8) is 0 Å². The first kappa shape index (κ1) is 12.7. The summed E-state index contributed by atoms with van der Waals surface area (Å²) in [5.41, 5.74) is 1.86. The second-order valence-electron chi connectivity index (χ2n) is 4.32. The minimum absolute atomic E-state index is 0.500. The molecule has 2 heterocycles. The van der Waals surface area contributed by atoms with E-state index in [1.54, 1.807) is 23.1 Å². The lowest BCUT2D eigenvalue weighted by atomic mass is 10.1. The molecule has 0 bridgehead atoms. The molecule has 98 valence electrons. The summed E-state index contributed by atoms with van der Waals surface area (Å²) in [6, 6.07) is 8.04. The highest BCUT2D eigenvalue weighted by molar-refractivity contribution is 7.98. The molecule has 0 fully saturated rings. The van der Waals surface area contributed by atoms with E-state index in [1.165, 1.54) is 4.90 Å². The number of aromatic nitrogens is 2. The number of thiazole rings is 1. The Hall–Kier alpha value is -1.30. The number of benzene rings is 1. The van der Waals surface area contributed by atoms with Gasteiger partial charge >= 0.3 is 0 Å². The van der Waals surface area contributed by atoms with Crippen LogP contribution < -0.4 is 0 Å². The van der Waals surface area contributed by atoms with Crippen molar-refractivity contribution in [3.05, 3.63) is 53.3 Å². The highest BCUT2D eigenvalue weighted by Gasteiger charge is 2.11. The number of rotatable bonds is 4. The van der Waals surface area contributed by atoms with Gasteiger partial charge in [0.25, 0.3) is 0 Å². The SMILES string of the molecule is CSc1ccc(C(O)Cc2cn3ccsc3n2)cc1. The lowest BCUT2D eigenvalue weighted by Gasteiger charge is -2.09. The van der Waals surface area contributed by atoms with Crippen LogP contribution in [0.25, 0.3) is 4.96 Å². The molecule has 1 unspecified atom stereocenters. The Kier molecular flexibility index (Phi) is 3.59. The zero-order chi connectivity index (χ0) is 13.2. The average Bonchev–Trinajstić information content (AvgIpc) is 2.99. The highest BCUT2D eigenvalue weighted by Crippen LogP contribution is 2.22. The largest absolute Gasteiger partial charge is 0.388 e. The molecule has 0 saturated heterocycles. The van der Waals surface area contributed by atoms with Gasteiger partial charge in [0.1, 0.15) is 0 Å². The first-order valence-corrected chi connectivity index (χ1v) is 8.10. The summed E-state index contributed by atoms with van der Waals surface area (Å²) in [5, 5.41) is 12.3. The van der Waals surface area contributed by atoms with Crippen LogP contribution in [0.1, 0.15) is 17.4 Å². The molecule has 1 N–H and O–H groups in total. The van der Waals surface area contributed by atoms with E-state index < -0.39 is 6.10 Å². The summed E-state index contributed by atoms with van der Waals surface area (Å²) in [7, 11) is 0. The fourth-order valence-electron chi connectivity index (χ4n) is 2.02. The van der Waals surface area contributed by atoms with Crippen molar-refractivity contribution in [2.75, 3.05) is 6.26 Å². The van der Waals surface area contributed by atoms with Crippen molar-refractivity contribution in [1.82, 2.24) is 9.38 Å². The summed E-state index contributed by atoms with van der Waals surface area (Å²) in [5.74, 6) is 0. The molecule has 0 aliphatic carbocycles. The van der Waals surface area contributed by atoms with E-state index >= 15 is 0 Å². The van der Waals surface area contributed by atoms with Crippen molar-refractivity contribution in [3.8, 4) is 0 Å². The van der Waals surface area contributed by atoms with Gasteiger partial charge in [-0.05, 0) is 24.0 Å². The van der Waals surface area contributed by atoms with Crippen molar-refractivity contribution in [1.29, 1.82) is 0 Å². The number of nitrogens with zero attached hydrogens (tertiary/aromatic N) is 2. The van der Waals surface area contributed by atoms with Crippen molar-refractivity contribution in [2.24, 2.45) is 0 Å². The van der Waals surface area contributed by atoms with E-state index in [0.29, 0.717) is 6.42 Å². The Labute approximate surface area is 119 Å². The van der Waals surface area contributed by atoms with Gasteiger partial charge < -0.3 is 5.11 Å². The maximum Gasteiger partial charge on any atom is 0.193 e. The van der Waals surface area contributed by atoms with Gasteiger partial charge in [0, 0.05) is 29.1 Å². The molecule has 0 amide bonds. The predicted molar refractivity (Wildman–Crippen MR) is 80.0 cm³/mol. The molecule has 3 aromatic rings. The standard InChI is InChI=1S/C14H14N2OS2/c1-18-12-4-2-10(3-5-12)13(17)8-11-9-16-6-7-19-14(16)15-11/h2-7,9,13,17H,8H2,1H3. The van der Waals surface area contributed by atoms with Crippen LogP contribution in [0.15, 0.2) is 46.9 Å². The third-order valence-corrected chi connectivity index (χ3v) is 4.56. The number of thioether (sulfide) groups is 1. The van der Waals surface area contributed by atoms with Gasteiger partial charge in [0.05, 0.1) is 11.8 Å². The molecule has 2 aromatic heterocycles. The second-order valence-corrected chi connectivity index (χ2v) is 6.07. The first-order valence-electron chi connectivity index (χ1n) is 5.99. The highest BCUT2D eigenvalue weighted by atomic mass is 32.2. The Morgan fingerprint density at radius 2 is 2.16 bits per heavy atom. The molecule has 1 atom stereocenters. The fourth-order valence-corrected chi connectivity index (χ4v) is 3.14. The molecule has 0 radical (unpaired) electrons. The molecule has 3 nitrogen and oxygen atoms in total. The van der Waals surface area contributed by atoms with Crippen LogP contribution in [0.2, 0.25) is 0 Å². The van der Waals surface area contributed by atoms with Crippen LogP contribution in [0, 0.1) is 0 Å². The van der Waals surface area contributed by atoms with Crippen molar-refractivity contribution >= 4 is 28.1 Å². The van der Waals surface area contributed by atoms with Gasteiger partial charge in [0.15, 0.2) is 4.96 Å². The lowest BCUT2D eigenvalue weighted by Crippen LogP contribution is -2.01. The van der Waals surface area contributed by atoms with Gasteiger partial charge in [-0.3, -0.25) is 4.40 Å². The third kappa shape index (κ3) is 2.68. The van der Waals surface area contributed by atoms with E-state index in [2.05, 4.69) is 4.98 Å². The molecular formula is C14H14N2OS2. The molecule has 0 aliphatic heterocycles. The smallest absolute Gasteiger partial charge is 0.193 e. The maximum absolute atomic E-state index is 10.2. The molecule has 3 rings (SSSR count). The minimum Gasteiger partial charge on any atom is -0.388 e. The summed E-state index contributed by atoms with van der Waals surface area (Å²) < 4.78 is 1.99. The predicted octanol–water partition coefficient (Wildman–Crippen LogP) is 3.39. The average molecular weight is 290 g/mol. The summed E-state index contributed by atoms with van der Waals surface area (Å²) in [6.07, 6.45) is 6.05. The van der Waals surface area contributed by atoms with Gasteiger partial charge in [-0.1, -0.05) is 12.1 Å². The van der Waals surface area contributed by atoms with Gasteiger partial charge in [-0.2, -0.15) is 0 Å². The minimum atomic E-state index is -0.500. The molecule has 0 saturated carbocycles. The number of aliphatic hydroxyl groups excluding tert-OH is 1. The molecule has 0 spiro atoms. The number of hydrogen-bond acceptors (Lipinski definition) is 4. The zero-order valence-corrected chi connectivity index (χ0v) is 12.1. The Morgan fingerprint density at radius 1 is 1.37 bits per heavy atom. The van der Waals surface area contributed by atoms with E-state index in [4.69, 9.17) is 0 Å². The topological polar surface area (TPSA) is 37.5 Å². The Morgan fingerprint density at radius 3 is 2.84 bits per heavy atom. The number of hydrogen-bond donors (Lipinski definition) is 1. The van der Waals surface area contributed by atoms with E-state index in [1.807, 2.05) is 52.7 Å². The van der Waals surface area contributed by atoms with Crippen LogP contribution in [0.4, 0.5) is 0 Å². The number of fused-ring (bicyclic) bond motifs is 1. The summed E-state index contributed by atoms with van der Waals surface area (Å²) in [6.45, 7) is 0. The Bertz CT molecular complexity index is 644. The Balaban J connectivity index is 1.76. The molecule has 1 aromatic carbocycles. The molecule has 5 heteroatoms. The lowest BCUT2D eigenvalue weighted by molar-refractivity contribution is 0.177. The van der Waals surface area contributed by atoms with Crippen molar-refractivity contribution in [2.45, 2.75) is 17.4 Å². The van der Waals surface area contributed by atoms with Gasteiger partial charge in [-0.25, -0.2) is 4.98 Å². The number of aliphatic hydroxyl groups is 1. The van der Waals surface area contributed by atoms with E-state index in [9.17, 15) is 5.11 Å². The first-order chi connectivity index (χ1) is 9.26. The molecule has 19 heavy (non-hydrogen) atoms. The van der Waals surface area contributed by atoms with Crippen LogP contribution in [0.3, 0.4) is 0 Å². The summed E-state index contributed by atoms with van der Waals surface area (Å²) in [4.78, 5) is 6.67.